The first-order valence-electron chi connectivity index (χ1n) is 11.7. The lowest BCUT2D eigenvalue weighted by molar-refractivity contribution is -0.121. The van der Waals surface area contributed by atoms with Gasteiger partial charge in [0.1, 0.15) is 5.70 Å². The molecule has 10 heteroatoms. The normalized spacial score (nSPS) is 11.2. The number of hydrogen-bond acceptors (Lipinski definition) is 6. The molecule has 7 nitrogen and oxygen atoms in total. The van der Waals surface area contributed by atoms with Crippen LogP contribution in [-0.4, -0.2) is 24.5 Å². The van der Waals surface area contributed by atoms with Crippen molar-refractivity contribution < 1.29 is 19.1 Å². The molecule has 0 unspecified atom stereocenters. The van der Waals surface area contributed by atoms with Crippen LogP contribution in [0.5, 0.6) is 5.75 Å². The number of nitrogens with one attached hydrogen (secondary N) is 2. The van der Waals surface area contributed by atoms with Gasteiger partial charge in [-0.15, -0.1) is 0 Å². The summed E-state index contributed by atoms with van der Waals surface area (Å²) in [6.45, 7) is 7.84. The van der Waals surface area contributed by atoms with Crippen LogP contribution in [0.15, 0.2) is 122 Å². The standard InChI is InChI=1S/C23H19Br2N3O4S.C7H8/c1-3-18(33-4-2)12-20(27-22(30)15-8-6-5-7-9-15)23(31)28-26-13-16-10-17(24)11-19(25)21(16)32-14-29;1-7-5-3-2-4-6-7/h3-14H,2H2,1H3,(H,27,30)(H,28,31);2-6H,1H3/b18-3-,20-12-,26-13+;. The Hall–Kier alpha value is -3.73. The molecule has 2 amide bonds. The van der Waals surface area contributed by atoms with Gasteiger partial charge in [-0.25, -0.2) is 5.43 Å². The fourth-order valence-electron chi connectivity index (χ4n) is 2.97. The third kappa shape index (κ3) is 11.2. The predicted molar refractivity (Wildman–Crippen MR) is 169 cm³/mol. The van der Waals surface area contributed by atoms with Crippen molar-refractivity contribution in [1.82, 2.24) is 10.7 Å². The van der Waals surface area contributed by atoms with E-state index in [2.05, 4.69) is 73.3 Å². The molecule has 0 aliphatic heterocycles. The number of thioether (sulfide) groups is 1. The van der Waals surface area contributed by atoms with Crippen molar-refractivity contribution in [3.05, 3.63) is 133 Å². The summed E-state index contributed by atoms with van der Waals surface area (Å²) < 4.78 is 6.21. The Balaban J connectivity index is 0.000000693. The number of benzene rings is 3. The fourth-order valence-corrected chi connectivity index (χ4v) is 4.84. The number of rotatable bonds is 10. The van der Waals surface area contributed by atoms with Crippen molar-refractivity contribution in [3.63, 3.8) is 0 Å². The first-order chi connectivity index (χ1) is 19.3. The van der Waals surface area contributed by atoms with Gasteiger partial charge in [-0.1, -0.05) is 94.4 Å². The van der Waals surface area contributed by atoms with Crippen molar-refractivity contribution in [3.8, 4) is 5.75 Å². The van der Waals surface area contributed by atoms with Crippen molar-refractivity contribution >= 4 is 68.1 Å². The second-order valence-electron chi connectivity index (χ2n) is 7.73. The second-order valence-corrected chi connectivity index (χ2v) is 10.5. The van der Waals surface area contributed by atoms with Crippen LogP contribution in [0.3, 0.4) is 0 Å². The molecular formula is C30H27Br2N3O4S. The van der Waals surface area contributed by atoms with E-state index in [0.29, 0.717) is 31.4 Å². The van der Waals surface area contributed by atoms with Gasteiger partial charge in [0.15, 0.2) is 5.75 Å². The summed E-state index contributed by atoms with van der Waals surface area (Å²) in [4.78, 5) is 36.9. The van der Waals surface area contributed by atoms with Crippen LogP contribution < -0.4 is 15.5 Å². The third-order valence-electron chi connectivity index (χ3n) is 4.83. The van der Waals surface area contributed by atoms with Gasteiger partial charge in [0.05, 0.1) is 10.7 Å². The highest BCUT2D eigenvalue weighted by atomic mass is 79.9. The number of ether oxygens (including phenoxy) is 1. The number of aryl methyl sites for hydroxylation is 1. The van der Waals surface area contributed by atoms with E-state index in [1.807, 2.05) is 18.2 Å². The fraction of sp³-hybridized carbons (Fsp3) is 0.0667. The molecule has 0 spiro atoms. The quantitative estimate of drug-likeness (QED) is 0.0769. The van der Waals surface area contributed by atoms with Gasteiger partial charge in [-0.2, -0.15) is 5.10 Å². The Morgan fingerprint density at radius 1 is 1.02 bits per heavy atom. The lowest BCUT2D eigenvalue weighted by Gasteiger charge is -2.10. The van der Waals surface area contributed by atoms with E-state index in [1.54, 1.807) is 60.9 Å². The van der Waals surface area contributed by atoms with Gasteiger partial charge >= 0.3 is 0 Å². The largest absolute Gasteiger partial charge is 0.427 e. The molecule has 206 valence electrons. The van der Waals surface area contributed by atoms with Gasteiger partial charge in [0.2, 0.25) is 0 Å². The van der Waals surface area contributed by atoms with E-state index in [0.717, 1.165) is 0 Å². The Labute approximate surface area is 254 Å². The topological polar surface area (TPSA) is 96.9 Å². The molecule has 0 aromatic heterocycles. The third-order valence-corrected chi connectivity index (χ3v) is 6.67. The summed E-state index contributed by atoms with van der Waals surface area (Å²) in [6, 6.07) is 22.1. The predicted octanol–water partition coefficient (Wildman–Crippen LogP) is 7.29. The Morgan fingerprint density at radius 2 is 1.68 bits per heavy atom. The first-order valence-corrected chi connectivity index (χ1v) is 14.2. The summed E-state index contributed by atoms with van der Waals surface area (Å²) in [5.41, 5.74) is 4.52. The molecule has 0 saturated heterocycles. The van der Waals surface area contributed by atoms with E-state index < -0.39 is 11.8 Å². The SMILES string of the molecule is C=CSC(=C\C)/C=C(\NC(=O)c1ccccc1)C(=O)N/N=C/c1cc(Br)cc(Br)c1OC=O.Cc1ccccc1. The molecule has 0 bridgehead atoms. The zero-order valence-corrected chi connectivity index (χ0v) is 25.8. The van der Waals surface area contributed by atoms with Crippen LogP contribution in [0.1, 0.15) is 28.4 Å². The lowest BCUT2D eigenvalue weighted by Crippen LogP contribution is -2.33. The lowest BCUT2D eigenvalue weighted by atomic mass is 10.2. The van der Waals surface area contributed by atoms with Crippen LogP contribution in [-0.2, 0) is 9.59 Å². The van der Waals surface area contributed by atoms with E-state index in [1.165, 1.54) is 29.6 Å². The highest BCUT2D eigenvalue weighted by molar-refractivity contribution is 9.11. The van der Waals surface area contributed by atoms with Gasteiger partial charge in [-0.3, -0.25) is 14.4 Å². The maximum Gasteiger partial charge on any atom is 0.298 e. The highest BCUT2D eigenvalue weighted by Gasteiger charge is 2.15. The second kappa shape index (κ2) is 17.8. The van der Waals surface area contributed by atoms with E-state index in [4.69, 9.17) is 4.74 Å². The number of halogens is 2. The summed E-state index contributed by atoms with van der Waals surface area (Å²) >= 11 is 7.95. The highest BCUT2D eigenvalue weighted by Crippen LogP contribution is 2.31. The van der Waals surface area contributed by atoms with E-state index in [9.17, 15) is 14.4 Å². The minimum Gasteiger partial charge on any atom is -0.427 e. The maximum absolute atomic E-state index is 12.8. The Morgan fingerprint density at radius 3 is 2.23 bits per heavy atom. The van der Waals surface area contributed by atoms with Crippen LogP contribution >= 0.6 is 43.6 Å². The van der Waals surface area contributed by atoms with E-state index >= 15 is 0 Å². The van der Waals surface area contributed by atoms with Crippen LogP contribution in [0.2, 0.25) is 0 Å². The van der Waals surface area contributed by atoms with E-state index in [-0.39, 0.29) is 11.4 Å². The number of hydrazone groups is 1. The van der Waals surface area contributed by atoms with Crippen molar-refractivity contribution in [1.29, 1.82) is 0 Å². The van der Waals surface area contributed by atoms with Crippen LogP contribution in [0, 0.1) is 6.92 Å². The summed E-state index contributed by atoms with van der Waals surface area (Å²) in [7, 11) is 0. The smallest absolute Gasteiger partial charge is 0.298 e. The van der Waals surface area contributed by atoms with Gasteiger partial charge in [0.25, 0.3) is 18.3 Å². The van der Waals surface area contributed by atoms with Crippen molar-refractivity contribution in [2.45, 2.75) is 13.8 Å². The molecule has 0 heterocycles. The molecule has 0 atom stereocenters. The maximum atomic E-state index is 12.8. The van der Waals surface area contributed by atoms with Gasteiger partial charge in [-0.05, 0) is 65.5 Å². The molecule has 3 aromatic carbocycles. The Bertz CT molecular complexity index is 1410. The molecule has 0 aliphatic carbocycles. The number of nitrogens with zero attached hydrogens (tertiary/aromatic N) is 1. The number of hydrogen-bond donors (Lipinski definition) is 2. The molecular weight excluding hydrogens is 658 g/mol. The number of carbonyl (C=O) groups excluding carboxylic acids is 3. The number of amides is 2. The average molecular weight is 685 g/mol. The molecule has 2 N–H and O–H groups in total. The summed E-state index contributed by atoms with van der Waals surface area (Å²) in [5.74, 6) is -0.859. The zero-order valence-electron chi connectivity index (χ0n) is 21.8. The van der Waals surface area contributed by atoms with Crippen molar-refractivity contribution in [2.24, 2.45) is 5.10 Å². The first kappa shape index (κ1) is 32.5. The van der Waals surface area contributed by atoms with Gasteiger partial charge < -0.3 is 10.1 Å². The molecule has 3 aromatic rings. The molecule has 0 radical (unpaired) electrons. The molecule has 40 heavy (non-hydrogen) atoms. The monoisotopic (exact) mass is 683 g/mol. The van der Waals surface area contributed by atoms with Crippen LogP contribution in [0.4, 0.5) is 0 Å². The van der Waals surface area contributed by atoms with Crippen LogP contribution in [0.25, 0.3) is 0 Å². The average Bonchev–Trinajstić information content (AvgIpc) is 2.95. The molecule has 0 fully saturated rings. The minimum atomic E-state index is -0.647. The summed E-state index contributed by atoms with van der Waals surface area (Å²) in [5, 5.41) is 8.17. The zero-order chi connectivity index (χ0) is 29.3. The van der Waals surface area contributed by atoms with Crippen molar-refractivity contribution in [2.75, 3.05) is 0 Å². The number of allylic oxidation sites excluding steroid dienone is 2. The minimum absolute atomic E-state index is 0.0109. The number of carbonyl (C=O) groups is 3. The molecule has 0 saturated carbocycles. The summed E-state index contributed by atoms with van der Waals surface area (Å²) in [6.07, 6.45) is 4.62. The molecule has 3 rings (SSSR count). The molecule has 0 aliphatic rings. The Kier molecular flexibility index (Phi) is 14.4. The van der Waals surface area contributed by atoms with Gasteiger partial charge in [0, 0.05) is 20.5 Å².